The van der Waals surface area contributed by atoms with E-state index in [-0.39, 0.29) is 5.54 Å². The Morgan fingerprint density at radius 1 is 1.23 bits per heavy atom. The standard InChI is InChI=1S/C12H13N/c1-2-12(8-9-12)13-10-11-6-4-3-5-7-11/h2-7,10H,1,8-9H2. The summed E-state index contributed by atoms with van der Waals surface area (Å²) < 4.78 is 0. The first-order valence-corrected chi connectivity index (χ1v) is 4.59. The summed E-state index contributed by atoms with van der Waals surface area (Å²) in [5.74, 6) is 0. The van der Waals surface area contributed by atoms with E-state index in [1.54, 1.807) is 0 Å². The molecule has 1 aliphatic carbocycles. The lowest BCUT2D eigenvalue weighted by Gasteiger charge is -2.00. The molecule has 1 aromatic carbocycles. The summed E-state index contributed by atoms with van der Waals surface area (Å²) in [6, 6.07) is 10.2. The number of aliphatic imine (C=N–C) groups is 1. The molecule has 0 spiro atoms. The summed E-state index contributed by atoms with van der Waals surface area (Å²) in [6.07, 6.45) is 6.20. The summed E-state index contributed by atoms with van der Waals surface area (Å²) in [7, 11) is 0. The lowest BCUT2D eigenvalue weighted by Crippen LogP contribution is -1.98. The van der Waals surface area contributed by atoms with E-state index in [1.807, 2.05) is 30.5 Å². The SMILES string of the molecule is C=CC1(N=Cc2ccccc2)CC1. The Balaban J connectivity index is 2.10. The highest BCUT2D eigenvalue weighted by molar-refractivity contribution is 5.80. The smallest absolute Gasteiger partial charge is 0.0787 e. The second-order valence-electron chi connectivity index (χ2n) is 3.48. The molecule has 0 aromatic heterocycles. The fourth-order valence-electron chi connectivity index (χ4n) is 1.26. The third-order valence-corrected chi connectivity index (χ3v) is 2.41. The Kier molecular flexibility index (Phi) is 2.01. The van der Waals surface area contributed by atoms with Crippen LogP contribution in [-0.4, -0.2) is 11.8 Å². The van der Waals surface area contributed by atoms with Gasteiger partial charge in [-0.15, -0.1) is 6.58 Å². The zero-order valence-electron chi connectivity index (χ0n) is 7.61. The number of benzene rings is 1. The van der Waals surface area contributed by atoms with Crippen LogP contribution in [0.3, 0.4) is 0 Å². The number of rotatable bonds is 3. The van der Waals surface area contributed by atoms with Gasteiger partial charge in [0, 0.05) is 6.21 Å². The van der Waals surface area contributed by atoms with Gasteiger partial charge in [0.2, 0.25) is 0 Å². The van der Waals surface area contributed by atoms with Crippen molar-refractivity contribution in [1.82, 2.24) is 0 Å². The molecular weight excluding hydrogens is 158 g/mol. The molecule has 0 radical (unpaired) electrons. The van der Waals surface area contributed by atoms with Crippen LogP contribution in [0.4, 0.5) is 0 Å². The van der Waals surface area contributed by atoms with Crippen LogP contribution in [0, 0.1) is 0 Å². The molecule has 1 heteroatoms. The van der Waals surface area contributed by atoms with E-state index in [0.29, 0.717) is 0 Å². The third kappa shape index (κ3) is 1.86. The number of hydrogen-bond acceptors (Lipinski definition) is 1. The summed E-state index contributed by atoms with van der Waals surface area (Å²) in [5.41, 5.74) is 1.24. The second-order valence-corrected chi connectivity index (χ2v) is 3.48. The van der Waals surface area contributed by atoms with E-state index in [2.05, 4.69) is 23.7 Å². The highest BCUT2D eigenvalue weighted by Crippen LogP contribution is 2.40. The van der Waals surface area contributed by atoms with Crippen molar-refractivity contribution in [2.45, 2.75) is 18.4 Å². The molecule has 66 valence electrons. The number of nitrogens with zero attached hydrogens (tertiary/aromatic N) is 1. The van der Waals surface area contributed by atoms with E-state index < -0.39 is 0 Å². The maximum atomic E-state index is 4.51. The molecule has 0 atom stereocenters. The Morgan fingerprint density at radius 2 is 1.92 bits per heavy atom. The third-order valence-electron chi connectivity index (χ3n) is 2.41. The lowest BCUT2D eigenvalue weighted by atomic mass is 10.2. The van der Waals surface area contributed by atoms with Crippen LogP contribution in [0.15, 0.2) is 48.0 Å². The minimum absolute atomic E-state index is 0.0792. The molecule has 1 nitrogen and oxygen atoms in total. The first-order chi connectivity index (χ1) is 6.35. The zero-order chi connectivity index (χ0) is 9.15. The van der Waals surface area contributed by atoms with Gasteiger partial charge in [0.1, 0.15) is 0 Å². The fourth-order valence-corrected chi connectivity index (χ4v) is 1.26. The Bertz CT molecular complexity index is 320. The molecule has 1 saturated carbocycles. The topological polar surface area (TPSA) is 12.4 Å². The molecule has 2 rings (SSSR count). The molecule has 0 bridgehead atoms. The quantitative estimate of drug-likeness (QED) is 0.490. The van der Waals surface area contributed by atoms with Gasteiger partial charge in [0.05, 0.1) is 5.54 Å². The van der Waals surface area contributed by atoms with Crippen LogP contribution < -0.4 is 0 Å². The highest BCUT2D eigenvalue weighted by Gasteiger charge is 2.38. The van der Waals surface area contributed by atoms with Gasteiger partial charge in [0.15, 0.2) is 0 Å². The van der Waals surface area contributed by atoms with Crippen molar-refractivity contribution in [3.05, 3.63) is 48.6 Å². The van der Waals surface area contributed by atoms with Crippen molar-refractivity contribution < 1.29 is 0 Å². The molecule has 0 saturated heterocycles. The molecule has 13 heavy (non-hydrogen) atoms. The molecule has 0 N–H and O–H groups in total. The predicted molar refractivity (Wildman–Crippen MR) is 56.2 cm³/mol. The fraction of sp³-hybridized carbons (Fsp3) is 0.250. The second kappa shape index (κ2) is 3.17. The van der Waals surface area contributed by atoms with Crippen LogP contribution in [0.5, 0.6) is 0 Å². The monoisotopic (exact) mass is 171 g/mol. The van der Waals surface area contributed by atoms with Crippen LogP contribution in [0.25, 0.3) is 0 Å². The Labute approximate surface area is 78.8 Å². The van der Waals surface area contributed by atoms with E-state index in [1.165, 1.54) is 0 Å². The average molecular weight is 171 g/mol. The van der Waals surface area contributed by atoms with Crippen molar-refractivity contribution in [1.29, 1.82) is 0 Å². The molecular formula is C12H13N. The minimum atomic E-state index is 0.0792. The molecule has 0 aliphatic heterocycles. The summed E-state index contributed by atoms with van der Waals surface area (Å²) in [4.78, 5) is 4.51. The van der Waals surface area contributed by atoms with E-state index >= 15 is 0 Å². The molecule has 1 fully saturated rings. The van der Waals surface area contributed by atoms with Gasteiger partial charge in [-0.3, -0.25) is 4.99 Å². The molecule has 1 aromatic rings. The first kappa shape index (κ1) is 8.24. The van der Waals surface area contributed by atoms with Crippen LogP contribution >= 0.6 is 0 Å². The maximum absolute atomic E-state index is 4.51. The summed E-state index contributed by atoms with van der Waals surface area (Å²) in [5, 5.41) is 0. The predicted octanol–water partition coefficient (Wildman–Crippen LogP) is 2.82. The van der Waals surface area contributed by atoms with Gasteiger partial charge >= 0.3 is 0 Å². The van der Waals surface area contributed by atoms with Crippen molar-refractivity contribution in [2.75, 3.05) is 0 Å². The highest BCUT2D eigenvalue weighted by atomic mass is 14.9. The Morgan fingerprint density at radius 3 is 2.46 bits per heavy atom. The van der Waals surface area contributed by atoms with Gasteiger partial charge in [0.25, 0.3) is 0 Å². The van der Waals surface area contributed by atoms with E-state index in [4.69, 9.17) is 0 Å². The maximum Gasteiger partial charge on any atom is 0.0787 e. The van der Waals surface area contributed by atoms with Crippen LogP contribution in [0.1, 0.15) is 18.4 Å². The van der Waals surface area contributed by atoms with Crippen LogP contribution in [0.2, 0.25) is 0 Å². The normalized spacial score (nSPS) is 18.8. The van der Waals surface area contributed by atoms with Crippen LogP contribution in [-0.2, 0) is 0 Å². The average Bonchev–Trinajstić information content (AvgIpc) is 2.97. The first-order valence-electron chi connectivity index (χ1n) is 4.59. The molecule has 1 aliphatic rings. The van der Waals surface area contributed by atoms with Gasteiger partial charge in [-0.2, -0.15) is 0 Å². The molecule has 0 amide bonds. The summed E-state index contributed by atoms with van der Waals surface area (Å²) >= 11 is 0. The van der Waals surface area contributed by atoms with Gasteiger partial charge in [-0.1, -0.05) is 36.4 Å². The number of hydrogen-bond donors (Lipinski definition) is 0. The van der Waals surface area contributed by atoms with E-state index in [0.717, 1.165) is 18.4 Å². The van der Waals surface area contributed by atoms with Crippen molar-refractivity contribution >= 4 is 6.21 Å². The largest absolute Gasteiger partial charge is 0.282 e. The molecule has 0 heterocycles. The van der Waals surface area contributed by atoms with E-state index in [9.17, 15) is 0 Å². The molecule has 0 unspecified atom stereocenters. The van der Waals surface area contributed by atoms with Gasteiger partial charge in [-0.25, -0.2) is 0 Å². The Hall–Kier alpha value is -1.37. The van der Waals surface area contributed by atoms with Crippen molar-refractivity contribution in [3.63, 3.8) is 0 Å². The van der Waals surface area contributed by atoms with Gasteiger partial charge in [-0.05, 0) is 18.4 Å². The summed E-state index contributed by atoms with van der Waals surface area (Å²) in [6.45, 7) is 3.79. The zero-order valence-corrected chi connectivity index (χ0v) is 7.61. The lowest BCUT2D eigenvalue weighted by molar-refractivity contribution is 0.866. The van der Waals surface area contributed by atoms with Crippen molar-refractivity contribution in [3.8, 4) is 0 Å². The van der Waals surface area contributed by atoms with Crippen molar-refractivity contribution in [2.24, 2.45) is 4.99 Å². The van der Waals surface area contributed by atoms with Gasteiger partial charge < -0.3 is 0 Å². The minimum Gasteiger partial charge on any atom is -0.282 e.